The fourth-order valence-corrected chi connectivity index (χ4v) is 3.16. The Morgan fingerprint density at radius 3 is 2.62 bits per heavy atom. The molecule has 0 radical (unpaired) electrons. The van der Waals surface area contributed by atoms with Gasteiger partial charge in [-0.05, 0) is 41.1 Å². The summed E-state index contributed by atoms with van der Waals surface area (Å²) in [6, 6.07) is 19.9. The van der Waals surface area contributed by atoms with Crippen molar-refractivity contribution >= 4 is 37.6 Å². The van der Waals surface area contributed by atoms with Crippen LogP contribution < -0.4 is 0 Å². The zero-order valence-corrected chi connectivity index (χ0v) is 12.7. The van der Waals surface area contributed by atoms with Gasteiger partial charge in [-0.15, -0.1) is 0 Å². The SMILES string of the molecule is Oc1ccc2ccccc2c1-c1cc2cc(Br)ccc2[nH]1. The Labute approximate surface area is 130 Å². The van der Waals surface area contributed by atoms with Crippen LogP contribution in [0.2, 0.25) is 0 Å². The van der Waals surface area contributed by atoms with Crippen LogP contribution in [0.25, 0.3) is 32.9 Å². The predicted molar refractivity (Wildman–Crippen MR) is 90.6 cm³/mol. The first kappa shape index (κ1) is 12.5. The molecule has 4 rings (SSSR count). The number of rotatable bonds is 1. The summed E-state index contributed by atoms with van der Waals surface area (Å²) >= 11 is 3.49. The number of aromatic hydroxyl groups is 1. The normalized spacial score (nSPS) is 11.3. The molecule has 0 unspecified atom stereocenters. The Balaban J connectivity index is 2.05. The van der Waals surface area contributed by atoms with Gasteiger partial charge in [0, 0.05) is 20.9 Å². The molecule has 0 fully saturated rings. The van der Waals surface area contributed by atoms with Gasteiger partial charge in [0.25, 0.3) is 0 Å². The lowest BCUT2D eigenvalue weighted by Gasteiger charge is -2.07. The van der Waals surface area contributed by atoms with Crippen LogP contribution in [-0.2, 0) is 0 Å². The van der Waals surface area contributed by atoms with Crippen molar-refractivity contribution in [1.29, 1.82) is 0 Å². The molecule has 102 valence electrons. The van der Waals surface area contributed by atoms with Gasteiger partial charge in [0.2, 0.25) is 0 Å². The highest BCUT2D eigenvalue weighted by atomic mass is 79.9. The number of aromatic amines is 1. The van der Waals surface area contributed by atoms with E-state index in [2.05, 4.69) is 39.1 Å². The van der Waals surface area contributed by atoms with E-state index in [-0.39, 0.29) is 0 Å². The van der Waals surface area contributed by atoms with Crippen LogP contribution in [0.4, 0.5) is 0 Å². The molecular formula is C18H12BrNO. The van der Waals surface area contributed by atoms with Crippen molar-refractivity contribution in [3.05, 3.63) is 65.1 Å². The molecule has 1 heterocycles. The van der Waals surface area contributed by atoms with Crippen molar-refractivity contribution in [2.24, 2.45) is 0 Å². The smallest absolute Gasteiger partial charge is 0.125 e. The lowest BCUT2D eigenvalue weighted by atomic mass is 10.0. The van der Waals surface area contributed by atoms with Crippen molar-refractivity contribution in [3.63, 3.8) is 0 Å². The zero-order valence-electron chi connectivity index (χ0n) is 11.1. The van der Waals surface area contributed by atoms with Crippen molar-refractivity contribution in [2.75, 3.05) is 0 Å². The summed E-state index contributed by atoms with van der Waals surface area (Å²) < 4.78 is 1.04. The maximum Gasteiger partial charge on any atom is 0.125 e. The van der Waals surface area contributed by atoms with E-state index in [0.29, 0.717) is 5.75 Å². The van der Waals surface area contributed by atoms with Gasteiger partial charge in [0.1, 0.15) is 5.75 Å². The summed E-state index contributed by atoms with van der Waals surface area (Å²) in [6.45, 7) is 0. The number of hydrogen-bond donors (Lipinski definition) is 2. The van der Waals surface area contributed by atoms with E-state index >= 15 is 0 Å². The van der Waals surface area contributed by atoms with Crippen LogP contribution in [0.5, 0.6) is 5.75 Å². The highest BCUT2D eigenvalue weighted by Crippen LogP contribution is 2.37. The molecule has 0 atom stereocenters. The number of aromatic nitrogens is 1. The molecule has 2 N–H and O–H groups in total. The zero-order chi connectivity index (χ0) is 14.4. The summed E-state index contributed by atoms with van der Waals surface area (Å²) in [5.41, 5.74) is 2.83. The van der Waals surface area contributed by atoms with Gasteiger partial charge in [0.05, 0.1) is 5.69 Å². The number of hydrogen-bond acceptors (Lipinski definition) is 1. The number of nitrogens with one attached hydrogen (secondary N) is 1. The Hall–Kier alpha value is -2.26. The number of halogens is 1. The number of H-pyrrole nitrogens is 1. The minimum atomic E-state index is 0.291. The van der Waals surface area contributed by atoms with Crippen LogP contribution in [0.15, 0.2) is 65.1 Å². The third-order valence-electron chi connectivity index (χ3n) is 3.76. The highest BCUT2D eigenvalue weighted by Gasteiger charge is 2.12. The molecule has 3 aromatic carbocycles. The molecule has 0 spiro atoms. The van der Waals surface area contributed by atoms with E-state index in [4.69, 9.17) is 0 Å². The van der Waals surface area contributed by atoms with E-state index < -0.39 is 0 Å². The molecule has 21 heavy (non-hydrogen) atoms. The fourth-order valence-electron chi connectivity index (χ4n) is 2.78. The maximum atomic E-state index is 10.3. The number of phenols is 1. The number of phenolic OH excluding ortho intramolecular Hbond substituents is 1. The first-order valence-corrected chi connectivity index (χ1v) is 7.51. The Bertz CT molecular complexity index is 971. The lowest BCUT2D eigenvalue weighted by Crippen LogP contribution is -1.82. The minimum absolute atomic E-state index is 0.291. The van der Waals surface area contributed by atoms with Crippen molar-refractivity contribution in [1.82, 2.24) is 4.98 Å². The third-order valence-corrected chi connectivity index (χ3v) is 4.25. The molecule has 0 aliphatic carbocycles. The van der Waals surface area contributed by atoms with Crippen molar-refractivity contribution in [2.45, 2.75) is 0 Å². The molecule has 0 bridgehead atoms. The van der Waals surface area contributed by atoms with Crippen LogP contribution in [0.1, 0.15) is 0 Å². The Kier molecular flexibility index (Phi) is 2.76. The Morgan fingerprint density at radius 2 is 1.71 bits per heavy atom. The van der Waals surface area contributed by atoms with Crippen LogP contribution in [-0.4, -0.2) is 10.1 Å². The van der Waals surface area contributed by atoms with Crippen LogP contribution >= 0.6 is 15.9 Å². The molecule has 0 saturated heterocycles. The second-order valence-electron chi connectivity index (χ2n) is 5.10. The molecular weight excluding hydrogens is 326 g/mol. The summed E-state index contributed by atoms with van der Waals surface area (Å²) in [5.74, 6) is 0.291. The standard InChI is InChI=1S/C18H12BrNO/c19-13-6-7-15-12(9-13)10-16(20-15)18-14-4-2-1-3-11(14)5-8-17(18)21/h1-10,20-21H. The topological polar surface area (TPSA) is 36.0 Å². The monoisotopic (exact) mass is 337 g/mol. The highest BCUT2D eigenvalue weighted by molar-refractivity contribution is 9.10. The molecule has 0 amide bonds. The summed E-state index contributed by atoms with van der Waals surface area (Å²) in [4.78, 5) is 3.39. The second-order valence-corrected chi connectivity index (χ2v) is 6.01. The van der Waals surface area contributed by atoms with Gasteiger partial charge in [-0.3, -0.25) is 0 Å². The molecule has 1 aromatic heterocycles. The lowest BCUT2D eigenvalue weighted by molar-refractivity contribution is 0.478. The largest absolute Gasteiger partial charge is 0.507 e. The first-order valence-electron chi connectivity index (χ1n) is 6.72. The van der Waals surface area contributed by atoms with Gasteiger partial charge >= 0.3 is 0 Å². The summed E-state index contributed by atoms with van der Waals surface area (Å²) in [7, 11) is 0. The predicted octanol–water partition coefficient (Wildman–Crippen LogP) is 5.46. The van der Waals surface area contributed by atoms with E-state index in [1.165, 1.54) is 0 Å². The molecule has 0 aliphatic rings. The molecule has 0 aliphatic heterocycles. The third kappa shape index (κ3) is 2.01. The number of fused-ring (bicyclic) bond motifs is 2. The molecule has 4 aromatic rings. The summed E-state index contributed by atoms with van der Waals surface area (Å²) in [5, 5.41) is 13.6. The summed E-state index contributed by atoms with van der Waals surface area (Å²) in [6.07, 6.45) is 0. The van der Waals surface area contributed by atoms with Gasteiger partial charge in [-0.1, -0.05) is 46.3 Å². The minimum Gasteiger partial charge on any atom is -0.507 e. The fraction of sp³-hybridized carbons (Fsp3) is 0. The van der Waals surface area contributed by atoms with E-state index in [0.717, 1.165) is 37.4 Å². The average Bonchev–Trinajstić information content (AvgIpc) is 2.89. The quantitative estimate of drug-likeness (QED) is 0.475. The van der Waals surface area contributed by atoms with E-state index in [1.54, 1.807) is 6.07 Å². The average molecular weight is 338 g/mol. The second kappa shape index (κ2) is 4.64. The van der Waals surface area contributed by atoms with Gasteiger partial charge < -0.3 is 10.1 Å². The van der Waals surface area contributed by atoms with E-state index in [1.807, 2.05) is 36.4 Å². The molecule has 3 heteroatoms. The van der Waals surface area contributed by atoms with Crippen LogP contribution in [0.3, 0.4) is 0 Å². The molecule has 0 saturated carbocycles. The van der Waals surface area contributed by atoms with Crippen LogP contribution in [0, 0.1) is 0 Å². The number of benzene rings is 3. The first-order chi connectivity index (χ1) is 10.2. The van der Waals surface area contributed by atoms with Gasteiger partial charge in [-0.2, -0.15) is 0 Å². The Morgan fingerprint density at radius 1 is 0.857 bits per heavy atom. The van der Waals surface area contributed by atoms with Gasteiger partial charge in [-0.25, -0.2) is 0 Å². The van der Waals surface area contributed by atoms with Gasteiger partial charge in [0.15, 0.2) is 0 Å². The van der Waals surface area contributed by atoms with Crippen molar-refractivity contribution in [3.8, 4) is 17.0 Å². The maximum absolute atomic E-state index is 10.3. The van der Waals surface area contributed by atoms with Crippen molar-refractivity contribution < 1.29 is 5.11 Å². The molecule has 2 nitrogen and oxygen atoms in total. The van der Waals surface area contributed by atoms with E-state index in [9.17, 15) is 5.11 Å².